The van der Waals surface area contributed by atoms with Gasteiger partial charge < -0.3 is 4.98 Å². The number of Topliss-reactive ketones (excluding diaryl/α,β-unsaturated/α-hetero) is 1. The monoisotopic (exact) mass is 472 g/mol. The van der Waals surface area contributed by atoms with E-state index in [0.29, 0.717) is 34.7 Å². The minimum Gasteiger partial charge on any atom is -0.301 e. The lowest BCUT2D eigenvalue weighted by Gasteiger charge is -2.10. The predicted octanol–water partition coefficient (Wildman–Crippen LogP) is 4.41. The number of halogens is 1. The number of aromatic amines is 1. The van der Waals surface area contributed by atoms with Crippen LogP contribution in [0, 0.1) is 6.92 Å². The van der Waals surface area contributed by atoms with Crippen molar-refractivity contribution in [1.29, 1.82) is 0 Å². The van der Waals surface area contributed by atoms with Crippen LogP contribution in [0.15, 0.2) is 73.7 Å². The summed E-state index contributed by atoms with van der Waals surface area (Å²) in [4.78, 5) is 40.1. The van der Waals surface area contributed by atoms with Crippen molar-refractivity contribution < 1.29 is 4.79 Å². The van der Waals surface area contributed by atoms with E-state index in [-0.39, 0.29) is 17.9 Å². The average Bonchev–Trinajstić information content (AvgIpc) is 2.73. The second-order valence-electron chi connectivity index (χ2n) is 6.64. The number of nitrogens with one attached hydrogen (secondary N) is 1. The van der Waals surface area contributed by atoms with Gasteiger partial charge in [0, 0.05) is 22.0 Å². The van der Waals surface area contributed by atoms with E-state index in [9.17, 15) is 14.4 Å². The third-order valence-electron chi connectivity index (χ3n) is 4.52. The van der Waals surface area contributed by atoms with Gasteiger partial charge in [-0.25, -0.2) is 4.79 Å². The highest BCUT2D eigenvalue weighted by molar-refractivity contribution is 9.10. The van der Waals surface area contributed by atoms with Crippen molar-refractivity contribution in [2.45, 2.75) is 31.3 Å². The Hall–Kier alpha value is -2.38. The summed E-state index contributed by atoms with van der Waals surface area (Å²) in [5, 5.41) is 0.570. The Labute approximate surface area is 181 Å². The van der Waals surface area contributed by atoms with Gasteiger partial charge in [-0.2, -0.15) is 0 Å². The number of carbonyl (C=O) groups excluding carboxylic acids is 1. The van der Waals surface area contributed by atoms with Crippen molar-refractivity contribution in [3.05, 3.63) is 96.6 Å². The molecule has 7 heteroatoms. The topological polar surface area (TPSA) is 71.9 Å². The molecule has 0 aliphatic carbocycles. The zero-order chi connectivity index (χ0) is 20.8. The van der Waals surface area contributed by atoms with Crippen molar-refractivity contribution in [2.24, 2.45) is 0 Å². The maximum atomic E-state index is 12.6. The number of ketones is 1. The normalized spacial score (nSPS) is 10.8. The molecule has 0 unspecified atom stereocenters. The van der Waals surface area contributed by atoms with Crippen molar-refractivity contribution in [2.75, 3.05) is 5.75 Å². The van der Waals surface area contributed by atoms with Crippen molar-refractivity contribution in [1.82, 2.24) is 9.55 Å². The molecule has 1 N–H and O–H groups in total. The second kappa shape index (κ2) is 9.89. The number of H-pyrrole nitrogens is 1. The van der Waals surface area contributed by atoms with Gasteiger partial charge in [-0.15, -0.1) is 11.8 Å². The summed E-state index contributed by atoms with van der Waals surface area (Å²) in [7, 11) is 0. The molecule has 0 amide bonds. The van der Waals surface area contributed by atoms with Gasteiger partial charge in [0.05, 0.1) is 11.6 Å². The minimum absolute atomic E-state index is 0.0848. The van der Waals surface area contributed by atoms with Gasteiger partial charge in [0.2, 0.25) is 0 Å². The maximum Gasteiger partial charge on any atom is 0.329 e. The van der Waals surface area contributed by atoms with Gasteiger partial charge >= 0.3 is 5.69 Å². The fourth-order valence-corrected chi connectivity index (χ4v) is 4.11. The van der Waals surface area contributed by atoms with Crippen LogP contribution in [0.25, 0.3) is 0 Å². The lowest BCUT2D eigenvalue weighted by atomic mass is 10.1. The summed E-state index contributed by atoms with van der Waals surface area (Å²) in [6.45, 7) is 1.96. The zero-order valence-electron chi connectivity index (χ0n) is 16.0. The SMILES string of the molecule is Cc1c(SCCCC(=O)c2ccc(Br)cc2)[nH]c(=O)n(Cc2ccccc2)c1=O. The third-order valence-corrected chi connectivity index (χ3v) is 6.23. The van der Waals surface area contributed by atoms with Crippen LogP contribution in [0.3, 0.4) is 0 Å². The molecule has 29 heavy (non-hydrogen) atoms. The van der Waals surface area contributed by atoms with Crippen molar-refractivity contribution >= 4 is 33.5 Å². The van der Waals surface area contributed by atoms with Crippen LogP contribution in [-0.4, -0.2) is 21.1 Å². The molecular formula is C22H21BrN2O3S. The zero-order valence-corrected chi connectivity index (χ0v) is 18.4. The molecular weight excluding hydrogens is 452 g/mol. The Kier molecular flexibility index (Phi) is 7.28. The first-order valence-corrected chi connectivity index (χ1v) is 11.0. The van der Waals surface area contributed by atoms with E-state index in [1.807, 2.05) is 42.5 Å². The van der Waals surface area contributed by atoms with Crippen LogP contribution in [-0.2, 0) is 6.54 Å². The van der Waals surface area contributed by atoms with Gasteiger partial charge in [0.1, 0.15) is 0 Å². The van der Waals surface area contributed by atoms with E-state index in [1.165, 1.54) is 16.3 Å². The molecule has 0 aliphatic rings. The third kappa shape index (κ3) is 5.58. The lowest BCUT2D eigenvalue weighted by Crippen LogP contribution is -2.37. The smallest absolute Gasteiger partial charge is 0.301 e. The number of hydrogen-bond acceptors (Lipinski definition) is 4. The molecule has 0 atom stereocenters. The summed E-state index contributed by atoms with van der Waals surface area (Å²) in [6.07, 6.45) is 1.08. The number of hydrogen-bond donors (Lipinski definition) is 1. The summed E-state index contributed by atoms with van der Waals surface area (Å²) in [6, 6.07) is 16.7. The second-order valence-corrected chi connectivity index (χ2v) is 8.66. The van der Waals surface area contributed by atoms with E-state index in [4.69, 9.17) is 0 Å². The molecule has 0 spiro atoms. The number of nitrogens with zero attached hydrogens (tertiary/aromatic N) is 1. The minimum atomic E-state index is -0.419. The van der Waals surface area contributed by atoms with Crippen LogP contribution in [0.1, 0.15) is 34.3 Å². The predicted molar refractivity (Wildman–Crippen MR) is 120 cm³/mol. The highest BCUT2D eigenvalue weighted by Crippen LogP contribution is 2.19. The van der Waals surface area contributed by atoms with E-state index < -0.39 is 5.69 Å². The molecule has 3 rings (SSSR count). The molecule has 5 nitrogen and oxygen atoms in total. The maximum absolute atomic E-state index is 12.6. The Morgan fingerprint density at radius 3 is 2.45 bits per heavy atom. The van der Waals surface area contributed by atoms with Crippen LogP contribution in [0.4, 0.5) is 0 Å². The van der Waals surface area contributed by atoms with Gasteiger partial charge in [0.15, 0.2) is 5.78 Å². The molecule has 1 aromatic heterocycles. The fraction of sp³-hybridized carbons (Fsp3) is 0.227. The van der Waals surface area contributed by atoms with Crippen LogP contribution < -0.4 is 11.2 Å². The van der Waals surface area contributed by atoms with Crippen LogP contribution in [0.2, 0.25) is 0 Å². The first kappa shape index (κ1) is 21.3. The van der Waals surface area contributed by atoms with Crippen molar-refractivity contribution in [3.8, 4) is 0 Å². The Bertz CT molecular complexity index is 1110. The molecule has 0 saturated carbocycles. The molecule has 150 valence electrons. The first-order valence-electron chi connectivity index (χ1n) is 9.25. The number of benzene rings is 2. The van der Waals surface area contributed by atoms with Crippen molar-refractivity contribution in [3.63, 3.8) is 0 Å². The first-order chi connectivity index (χ1) is 14.0. The van der Waals surface area contributed by atoms with E-state index >= 15 is 0 Å². The van der Waals surface area contributed by atoms with Crippen LogP contribution >= 0.6 is 27.7 Å². The number of thioether (sulfide) groups is 1. The quantitative estimate of drug-likeness (QED) is 0.228. The number of aromatic nitrogens is 2. The van der Waals surface area contributed by atoms with Gasteiger partial charge in [-0.05, 0) is 36.8 Å². The fourth-order valence-electron chi connectivity index (χ4n) is 2.89. The van der Waals surface area contributed by atoms with Gasteiger partial charge in [-0.1, -0.05) is 58.4 Å². The molecule has 2 aromatic carbocycles. The molecule has 3 aromatic rings. The standard InChI is InChI=1S/C22H21BrN2O3S/c1-15-20(29-13-5-8-19(26)17-9-11-18(23)12-10-17)24-22(28)25(21(15)27)14-16-6-3-2-4-7-16/h2-4,6-7,9-12H,5,8,13-14H2,1H3,(H,24,28). The molecule has 0 aliphatic heterocycles. The summed E-state index contributed by atoms with van der Waals surface area (Å²) in [5.74, 6) is 0.725. The lowest BCUT2D eigenvalue weighted by molar-refractivity contribution is 0.0982. The summed E-state index contributed by atoms with van der Waals surface area (Å²) in [5.41, 5.74) is 1.39. The number of carbonyl (C=O) groups is 1. The molecule has 0 bridgehead atoms. The Balaban J connectivity index is 1.61. The van der Waals surface area contributed by atoms with E-state index in [0.717, 1.165) is 10.0 Å². The van der Waals surface area contributed by atoms with Crippen LogP contribution in [0.5, 0.6) is 0 Å². The molecule has 0 radical (unpaired) electrons. The van der Waals surface area contributed by atoms with Gasteiger partial charge in [-0.3, -0.25) is 14.2 Å². The average molecular weight is 473 g/mol. The highest BCUT2D eigenvalue weighted by Gasteiger charge is 2.12. The largest absolute Gasteiger partial charge is 0.329 e. The van der Waals surface area contributed by atoms with E-state index in [2.05, 4.69) is 20.9 Å². The Morgan fingerprint density at radius 1 is 1.07 bits per heavy atom. The molecule has 0 saturated heterocycles. The summed E-state index contributed by atoms with van der Waals surface area (Å²) >= 11 is 4.76. The van der Waals surface area contributed by atoms with Gasteiger partial charge in [0.25, 0.3) is 5.56 Å². The number of rotatable bonds is 8. The summed E-state index contributed by atoms with van der Waals surface area (Å²) < 4.78 is 2.15. The van der Waals surface area contributed by atoms with E-state index in [1.54, 1.807) is 19.1 Å². The molecule has 0 fully saturated rings. The highest BCUT2D eigenvalue weighted by atomic mass is 79.9. The molecule has 1 heterocycles. The Morgan fingerprint density at radius 2 is 1.76 bits per heavy atom.